The summed E-state index contributed by atoms with van der Waals surface area (Å²) >= 11 is 0. The molecule has 0 aromatic heterocycles. The predicted octanol–water partition coefficient (Wildman–Crippen LogP) is -0.177. The molecule has 1 aliphatic heterocycles. The minimum Gasteiger partial charge on any atom is -0.469 e. The maximum absolute atomic E-state index is 12.3. The summed E-state index contributed by atoms with van der Waals surface area (Å²) < 4.78 is 35.8. The maximum Gasteiger partial charge on any atom is 0.348 e. The number of carbonyl (C=O) groups is 2. The maximum atomic E-state index is 12.3. The lowest BCUT2D eigenvalue weighted by Gasteiger charge is -2.36. The van der Waals surface area contributed by atoms with Crippen LogP contribution >= 0.6 is 0 Å². The van der Waals surface area contributed by atoms with Crippen molar-refractivity contribution >= 4 is 27.6 Å². The molecular weight excluding hydrogens is 300 g/mol. The van der Waals surface area contributed by atoms with Crippen LogP contribution in [0.3, 0.4) is 0 Å². The summed E-state index contributed by atoms with van der Waals surface area (Å²) in [7, 11) is -1.75. The molecule has 0 bridgehead atoms. The highest BCUT2D eigenvalue weighted by Crippen LogP contribution is 2.31. The second-order valence-corrected chi connectivity index (χ2v) is 6.03. The lowest BCUT2D eigenvalue weighted by atomic mass is 10.1. The lowest BCUT2D eigenvalue weighted by molar-refractivity contribution is -0.153. The third-order valence-corrected chi connectivity index (χ3v) is 4.56. The Kier molecular flexibility index (Phi) is 3.88. The van der Waals surface area contributed by atoms with Gasteiger partial charge in [0.2, 0.25) is 15.7 Å². The van der Waals surface area contributed by atoms with Gasteiger partial charge in [0.15, 0.2) is 0 Å². The average molecular weight is 314 g/mol. The van der Waals surface area contributed by atoms with Crippen molar-refractivity contribution in [2.75, 3.05) is 19.5 Å². The molecule has 0 saturated carbocycles. The van der Waals surface area contributed by atoms with Crippen molar-refractivity contribution in [2.45, 2.75) is 17.0 Å². The molecule has 1 aromatic carbocycles. The zero-order valence-electron chi connectivity index (χ0n) is 11.4. The number of benzene rings is 1. The fourth-order valence-corrected chi connectivity index (χ4v) is 3.49. The molecule has 9 heteroatoms. The molecule has 8 nitrogen and oxygen atoms in total. The van der Waals surface area contributed by atoms with E-state index in [0.29, 0.717) is 0 Å². The van der Waals surface area contributed by atoms with E-state index in [9.17, 15) is 18.0 Å². The number of sulfonamides is 1. The molecule has 0 fully saturated rings. The van der Waals surface area contributed by atoms with Crippen LogP contribution in [0.2, 0.25) is 0 Å². The third kappa shape index (κ3) is 2.69. The highest BCUT2D eigenvalue weighted by molar-refractivity contribution is 7.89. The van der Waals surface area contributed by atoms with Crippen LogP contribution in [0.1, 0.15) is 6.42 Å². The van der Waals surface area contributed by atoms with Gasteiger partial charge in [-0.25, -0.2) is 13.2 Å². The van der Waals surface area contributed by atoms with Gasteiger partial charge in [-0.15, -0.1) is 0 Å². The van der Waals surface area contributed by atoms with Crippen LogP contribution in [0.4, 0.5) is 5.69 Å². The van der Waals surface area contributed by atoms with Crippen LogP contribution in [-0.2, 0) is 29.1 Å². The Morgan fingerprint density at radius 2 is 1.86 bits per heavy atom. The van der Waals surface area contributed by atoms with E-state index in [1.54, 1.807) is 12.1 Å². The molecule has 21 heavy (non-hydrogen) atoms. The summed E-state index contributed by atoms with van der Waals surface area (Å²) in [4.78, 5) is 23.5. The summed E-state index contributed by atoms with van der Waals surface area (Å²) in [5, 5.41) is 2.72. The minimum absolute atomic E-state index is 0.0191. The number of hydrogen-bond donors (Lipinski definition) is 2. The van der Waals surface area contributed by atoms with Gasteiger partial charge in [-0.3, -0.25) is 4.79 Å². The van der Waals surface area contributed by atoms with Crippen molar-refractivity contribution in [3.8, 4) is 0 Å². The molecule has 0 saturated heterocycles. The van der Waals surface area contributed by atoms with Gasteiger partial charge in [0, 0.05) is 0 Å². The van der Waals surface area contributed by atoms with Crippen LogP contribution in [-0.4, -0.2) is 40.2 Å². The first-order valence-corrected chi connectivity index (χ1v) is 7.39. The van der Waals surface area contributed by atoms with E-state index in [1.165, 1.54) is 12.1 Å². The Balaban J connectivity index is 2.55. The summed E-state index contributed by atoms with van der Waals surface area (Å²) in [5.74, 6) is -1.71. The molecule has 114 valence electrons. The van der Waals surface area contributed by atoms with Gasteiger partial charge in [-0.2, -0.15) is 4.72 Å². The first-order chi connectivity index (χ1) is 9.84. The first-order valence-electron chi connectivity index (χ1n) is 5.91. The van der Waals surface area contributed by atoms with Crippen LogP contribution in [0, 0.1) is 0 Å². The summed E-state index contributed by atoms with van der Waals surface area (Å²) in [6.07, 6.45) is -0.552. The average Bonchev–Trinajstić information content (AvgIpc) is 2.45. The standard InChI is InChI=1S/C12H14N2O6S/c1-19-10(15)7-12(11(16)20-2)13-8-5-3-4-6-9(8)21(17,18)14-12/h3-6,13-14H,7H2,1-2H3. The molecule has 0 radical (unpaired) electrons. The summed E-state index contributed by atoms with van der Waals surface area (Å²) in [6, 6.07) is 6.02. The Morgan fingerprint density at radius 3 is 2.48 bits per heavy atom. The molecule has 1 aromatic rings. The van der Waals surface area contributed by atoms with E-state index in [0.717, 1.165) is 14.2 Å². The van der Waals surface area contributed by atoms with E-state index in [2.05, 4.69) is 19.5 Å². The quantitative estimate of drug-likeness (QED) is 0.745. The van der Waals surface area contributed by atoms with Gasteiger partial charge in [-0.05, 0) is 12.1 Å². The predicted molar refractivity (Wildman–Crippen MR) is 71.8 cm³/mol. The van der Waals surface area contributed by atoms with E-state index in [1.807, 2.05) is 0 Å². The number of methoxy groups -OCH3 is 2. The molecular formula is C12H14N2O6S. The van der Waals surface area contributed by atoms with E-state index in [-0.39, 0.29) is 10.6 Å². The fraction of sp³-hybridized carbons (Fsp3) is 0.333. The number of anilines is 1. The topological polar surface area (TPSA) is 111 Å². The second kappa shape index (κ2) is 5.34. The van der Waals surface area contributed by atoms with Gasteiger partial charge in [0.05, 0.1) is 26.3 Å². The number of carbonyl (C=O) groups excluding carboxylic acids is 2. The fourth-order valence-electron chi connectivity index (χ4n) is 2.05. The monoisotopic (exact) mass is 314 g/mol. The van der Waals surface area contributed by atoms with Crippen molar-refractivity contribution in [1.82, 2.24) is 4.72 Å². The van der Waals surface area contributed by atoms with Crippen molar-refractivity contribution in [3.63, 3.8) is 0 Å². The Bertz CT molecular complexity index is 687. The number of esters is 2. The third-order valence-electron chi connectivity index (χ3n) is 3.00. The molecule has 0 aliphatic carbocycles. The SMILES string of the molecule is COC(=O)CC1(C(=O)OC)Nc2ccccc2S(=O)(=O)N1. The molecule has 0 spiro atoms. The van der Waals surface area contributed by atoms with Crippen molar-refractivity contribution in [3.05, 3.63) is 24.3 Å². The van der Waals surface area contributed by atoms with E-state index < -0.39 is 34.0 Å². The molecule has 1 aliphatic rings. The molecule has 0 amide bonds. The number of nitrogens with one attached hydrogen (secondary N) is 2. The summed E-state index contributed by atoms with van der Waals surface area (Å²) in [6.45, 7) is 0. The van der Waals surface area contributed by atoms with Crippen LogP contribution in [0.15, 0.2) is 29.2 Å². The highest BCUT2D eigenvalue weighted by atomic mass is 32.2. The zero-order chi connectivity index (χ0) is 15.7. The second-order valence-electron chi connectivity index (χ2n) is 4.38. The smallest absolute Gasteiger partial charge is 0.348 e. The van der Waals surface area contributed by atoms with Crippen molar-refractivity contribution in [1.29, 1.82) is 0 Å². The lowest BCUT2D eigenvalue weighted by Crippen LogP contribution is -2.63. The van der Waals surface area contributed by atoms with Gasteiger partial charge in [-0.1, -0.05) is 12.1 Å². The van der Waals surface area contributed by atoms with Crippen LogP contribution in [0.5, 0.6) is 0 Å². The van der Waals surface area contributed by atoms with Gasteiger partial charge < -0.3 is 14.8 Å². The number of rotatable bonds is 3. The van der Waals surface area contributed by atoms with Crippen molar-refractivity contribution < 1.29 is 27.5 Å². The summed E-state index contributed by atoms with van der Waals surface area (Å²) in [5.41, 5.74) is -1.74. The molecule has 1 heterocycles. The van der Waals surface area contributed by atoms with E-state index >= 15 is 0 Å². The van der Waals surface area contributed by atoms with E-state index in [4.69, 9.17) is 0 Å². The van der Waals surface area contributed by atoms with Crippen LogP contribution in [0.25, 0.3) is 0 Å². The number of para-hydroxylation sites is 1. The van der Waals surface area contributed by atoms with Gasteiger partial charge in [0.25, 0.3) is 0 Å². The molecule has 1 atom stereocenters. The van der Waals surface area contributed by atoms with Crippen molar-refractivity contribution in [2.24, 2.45) is 0 Å². The Labute approximate surface area is 121 Å². The molecule has 2 N–H and O–H groups in total. The Morgan fingerprint density at radius 1 is 1.19 bits per heavy atom. The Hall–Kier alpha value is -2.13. The minimum atomic E-state index is -3.98. The normalized spacial score (nSPS) is 22.6. The number of fused-ring (bicyclic) bond motifs is 1. The van der Waals surface area contributed by atoms with Crippen LogP contribution < -0.4 is 10.0 Å². The largest absolute Gasteiger partial charge is 0.469 e. The zero-order valence-corrected chi connectivity index (χ0v) is 12.2. The molecule has 1 unspecified atom stereocenters. The first kappa shape index (κ1) is 15.3. The molecule has 2 rings (SSSR count). The van der Waals surface area contributed by atoms with Gasteiger partial charge >= 0.3 is 11.9 Å². The highest BCUT2D eigenvalue weighted by Gasteiger charge is 2.49. The number of hydrogen-bond acceptors (Lipinski definition) is 7. The van der Waals surface area contributed by atoms with Gasteiger partial charge in [0.1, 0.15) is 4.90 Å². The number of ether oxygens (including phenoxy) is 2.